The predicted molar refractivity (Wildman–Crippen MR) is 127 cm³/mol. The molecule has 0 aliphatic carbocycles. The van der Waals surface area contributed by atoms with Crippen LogP contribution in [0.25, 0.3) is 0 Å². The Kier molecular flexibility index (Phi) is 11.0. The zero-order valence-corrected chi connectivity index (χ0v) is 19.9. The number of carbonyl (C=O) groups is 4. The molecule has 2 rings (SSSR count). The van der Waals surface area contributed by atoms with Gasteiger partial charge in [-0.25, -0.2) is 9.59 Å². The summed E-state index contributed by atoms with van der Waals surface area (Å²) < 4.78 is 10.1. The minimum Gasteiger partial charge on any atom is -0.481 e. The molecule has 3 N–H and O–H groups in total. The van der Waals surface area contributed by atoms with E-state index in [4.69, 9.17) is 9.47 Å². The summed E-state index contributed by atoms with van der Waals surface area (Å²) >= 11 is 0. The Labute approximate surface area is 211 Å². The van der Waals surface area contributed by atoms with Crippen LogP contribution in [0.3, 0.4) is 0 Å². The number of nitrogens with zero attached hydrogens (tertiary/aromatic N) is 2. The van der Waals surface area contributed by atoms with Crippen LogP contribution in [-0.4, -0.2) is 69.4 Å². The number of benzene rings is 2. The molecule has 0 fully saturated rings. The second-order valence-corrected chi connectivity index (χ2v) is 7.71. The molecule has 0 saturated heterocycles. The third kappa shape index (κ3) is 8.89. The Bertz CT molecular complexity index is 1090. The van der Waals surface area contributed by atoms with E-state index in [1.54, 1.807) is 37.3 Å². The molecule has 0 spiro atoms. The van der Waals surface area contributed by atoms with Crippen LogP contribution in [-0.2, 0) is 36.9 Å². The molecule has 2 aromatic carbocycles. The molecule has 13 nitrogen and oxygen atoms in total. The fourth-order valence-corrected chi connectivity index (χ4v) is 3.29. The van der Waals surface area contributed by atoms with Crippen LogP contribution >= 0.6 is 0 Å². The van der Waals surface area contributed by atoms with Gasteiger partial charge in [0.25, 0.3) is 5.69 Å². The Hall–Kier alpha value is -4.52. The average Bonchev–Trinajstić information content (AvgIpc) is 2.87. The zero-order valence-electron chi connectivity index (χ0n) is 19.9. The number of nitro benzene ring substituents is 1. The summed E-state index contributed by atoms with van der Waals surface area (Å²) in [5.74, 6) is -3.22. The summed E-state index contributed by atoms with van der Waals surface area (Å²) in [5, 5.41) is 32.3. The topological polar surface area (TPSA) is 186 Å². The first-order chi connectivity index (χ1) is 17.7. The molecule has 0 aromatic heterocycles. The van der Waals surface area contributed by atoms with Gasteiger partial charge >= 0.3 is 18.0 Å². The van der Waals surface area contributed by atoms with Crippen molar-refractivity contribution in [1.82, 2.24) is 10.2 Å². The van der Waals surface area contributed by atoms with Gasteiger partial charge in [0.1, 0.15) is 25.4 Å². The van der Waals surface area contributed by atoms with Gasteiger partial charge in [-0.2, -0.15) is 0 Å². The molecule has 37 heavy (non-hydrogen) atoms. The number of amides is 2. The molecule has 0 unspecified atom stereocenters. The maximum absolute atomic E-state index is 13.1. The van der Waals surface area contributed by atoms with Gasteiger partial charge in [0, 0.05) is 18.6 Å². The number of nitro groups is 1. The van der Waals surface area contributed by atoms with E-state index in [-0.39, 0.29) is 25.3 Å². The predicted octanol–water partition coefficient (Wildman–Crippen LogP) is 1.62. The number of nitrogens with one attached hydrogen (secondary N) is 1. The molecule has 2 amide bonds. The third-order valence-electron chi connectivity index (χ3n) is 5.11. The highest BCUT2D eigenvalue weighted by Crippen LogP contribution is 2.15. The lowest BCUT2D eigenvalue weighted by molar-refractivity contribution is -0.384. The summed E-state index contributed by atoms with van der Waals surface area (Å²) in [4.78, 5) is 60.3. The molecular formula is C24H27N3O10. The van der Waals surface area contributed by atoms with Crippen LogP contribution in [0, 0.1) is 10.1 Å². The first kappa shape index (κ1) is 28.7. The van der Waals surface area contributed by atoms with E-state index in [9.17, 15) is 39.5 Å². The molecule has 13 heteroatoms. The van der Waals surface area contributed by atoms with Crippen LogP contribution in [0.4, 0.5) is 10.5 Å². The van der Waals surface area contributed by atoms with Crippen molar-refractivity contribution in [2.24, 2.45) is 0 Å². The van der Waals surface area contributed by atoms with Crippen LogP contribution in [0.15, 0.2) is 54.6 Å². The van der Waals surface area contributed by atoms with E-state index < -0.39 is 54.1 Å². The van der Waals surface area contributed by atoms with E-state index in [0.717, 1.165) is 0 Å². The number of carbonyl (C=O) groups excluding carboxylic acids is 3. The number of rotatable bonds is 13. The number of hydrogen-bond acceptors (Lipinski definition) is 9. The standard InChI is InChI=1S/C24H27N3O10/c1-2-36-23(32)19(12-16-6-4-3-5-7-16)25-22(31)20(13-21(29)30)26(15-28)24(33)37-14-17-8-10-18(11-9-17)27(34)35/h3-11,19-20,28H,2,12-15H2,1H3,(H,25,31)(H,29,30)/t19-,20-/m0/s1. The summed E-state index contributed by atoms with van der Waals surface area (Å²) in [6.07, 6.45) is -2.06. The highest BCUT2D eigenvalue weighted by molar-refractivity contribution is 5.92. The van der Waals surface area contributed by atoms with Gasteiger partial charge in [-0.05, 0) is 30.2 Å². The first-order valence-corrected chi connectivity index (χ1v) is 11.2. The summed E-state index contributed by atoms with van der Waals surface area (Å²) in [6, 6.07) is 10.9. The van der Waals surface area contributed by atoms with E-state index in [1.165, 1.54) is 24.3 Å². The van der Waals surface area contributed by atoms with Crippen LogP contribution < -0.4 is 5.32 Å². The summed E-state index contributed by atoms with van der Waals surface area (Å²) in [5.41, 5.74) is 0.899. The van der Waals surface area contributed by atoms with Gasteiger partial charge in [-0.15, -0.1) is 0 Å². The van der Waals surface area contributed by atoms with Crippen LogP contribution in [0.2, 0.25) is 0 Å². The van der Waals surface area contributed by atoms with E-state index in [2.05, 4.69) is 5.32 Å². The van der Waals surface area contributed by atoms with Crippen molar-refractivity contribution in [2.45, 2.75) is 38.5 Å². The fraction of sp³-hybridized carbons (Fsp3) is 0.333. The van der Waals surface area contributed by atoms with Gasteiger partial charge < -0.3 is 25.0 Å². The minimum absolute atomic E-state index is 0.0366. The maximum atomic E-state index is 13.1. The number of aliphatic hydroxyl groups is 1. The number of aliphatic hydroxyl groups excluding tert-OH is 1. The van der Waals surface area contributed by atoms with Gasteiger partial charge in [0.15, 0.2) is 0 Å². The van der Waals surface area contributed by atoms with Gasteiger partial charge in [-0.3, -0.25) is 24.6 Å². The lowest BCUT2D eigenvalue weighted by atomic mass is 10.0. The van der Waals surface area contributed by atoms with Gasteiger partial charge in [-0.1, -0.05) is 30.3 Å². The van der Waals surface area contributed by atoms with E-state index in [1.807, 2.05) is 0 Å². The first-order valence-electron chi connectivity index (χ1n) is 11.2. The molecule has 0 aliphatic rings. The Morgan fingerprint density at radius 1 is 1.03 bits per heavy atom. The smallest absolute Gasteiger partial charge is 0.412 e. The van der Waals surface area contributed by atoms with E-state index >= 15 is 0 Å². The Morgan fingerprint density at radius 2 is 1.68 bits per heavy atom. The maximum Gasteiger partial charge on any atom is 0.412 e. The van der Waals surface area contributed by atoms with Crippen molar-refractivity contribution < 1.29 is 43.8 Å². The highest BCUT2D eigenvalue weighted by atomic mass is 16.6. The Morgan fingerprint density at radius 3 is 2.22 bits per heavy atom. The number of aliphatic carboxylic acids is 1. The van der Waals surface area contributed by atoms with Crippen LogP contribution in [0.5, 0.6) is 0 Å². The SMILES string of the molecule is CCOC(=O)[C@H](Cc1ccccc1)NC(=O)[C@H](CC(=O)O)N(CO)C(=O)OCc1ccc([N+](=O)[O-])cc1. The largest absolute Gasteiger partial charge is 0.481 e. The number of carboxylic acids is 1. The number of carboxylic acid groups (broad SMARTS) is 1. The number of hydrogen-bond donors (Lipinski definition) is 3. The van der Waals surface area contributed by atoms with Crippen molar-refractivity contribution in [2.75, 3.05) is 13.3 Å². The lowest BCUT2D eigenvalue weighted by Gasteiger charge is -2.29. The van der Waals surface area contributed by atoms with Crippen molar-refractivity contribution >= 4 is 29.6 Å². The van der Waals surface area contributed by atoms with Crippen molar-refractivity contribution in [3.8, 4) is 0 Å². The van der Waals surface area contributed by atoms with E-state index in [0.29, 0.717) is 16.0 Å². The van der Waals surface area contributed by atoms with Crippen molar-refractivity contribution in [1.29, 1.82) is 0 Å². The van der Waals surface area contributed by atoms with Gasteiger partial charge in [0.05, 0.1) is 18.0 Å². The second kappa shape index (κ2) is 14.1. The molecule has 198 valence electrons. The average molecular weight is 517 g/mol. The quantitative estimate of drug-likeness (QED) is 0.153. The molecular weight excluding hydrogens is 490 g/mol. The Balaban J connectivity index is 2.17. The normalized spacial score (nSPS) is 12.1. The van der Waals surface area contributed by atoms with Crippen molar-refractivity contribution in [3.05, 3.63) is 75.8 Å². The highest BCUT2D eigenvalue weighted by Gasteiger charge is 2.35. The molecule has 0 radical (unpaired) electrons. The van der Waals surface area contributed by atoms with Crippen LogP contribution in [0.1, 0.15) is 24.5 Å². The minimum atomic E-state index is -1.72. The number of esters is 1. The lowest BCUT2D eigenvalue weighted by Crippen LogP contribution is -2.55. The fourth-order valence-electron chi connectivity index (χ4n) is 3.29. The molecule has 0 aliphatic heterocycles. The molecule has 0 bridgehead atoms. The summed E-state index contributed by atoms with van der Waals surface area (Å²) in [6.45, 7) is 0.193. The number of ether oxygens (including phenoxy) is 2. The zero-order chi connectivity index (χ0) is 27.4. The van der Waals surface area contributed by atoms with Crippen molar-refractivity contribution in [3.63, 3.8) is 0 Å². The molecule has 0 saturated carbocycles. The molecule has 2 aromatic rings. The summed E-state index contributed by atoms with van der Waals surface area (Å²) in [7, 11) is 0. The monoisotopic (exact) mass is 517 g/mol. The molecule has 0 heterocycles. The molecule has 2 atom stereocenters. The third-order valence-corrected chi connectivity index (χ3v) is 5.11. The second-order valence-electron chi connectivity index (χ2n) is 7.71. The number of non-ortho nitro benzene ring substituents is 1. The van der Waals surface area contributed by atoms with Gasteiger partial charge in [0.2, 0.25) is 5.91 Å².